The van der Waals surface area contributed by atoms with Crippen LogP contribution in [0, 0.1) is 5.82 Å². The van der Waals surface area contributed by atoms with Crippen LogP contribution in [0.4, 0.5) is 4.39 Å². The highest BCUT2D eigenvalue weighted by molar-refractivity contribution is 5.94. The van der Waals surface area contributed by atoms with Crippen LogP contribution in [-0.4, -0.2) is 47.8 Å². The summed E-state index contributed by atoms with van der Waals surface area (Å²) < 4.78 is 14.9. The summed E-state index contributed by atoms with van der Waals surface area (Å²) in [6, 6.07) is 6.22. The Hall–Kier alpha value is -1.92. The van der Waals surface area contributed by atoms with E-state index in [1.165, 1.54) is 12.1 Å². The van der Waals surface area contributed by atoms with Gasteiger partial charge in [0.15, 0.2) is 5.69 Å². The van der Waals surface area contributed by atoms with Crippen LogP contribution in [0.5, 0.6) is 0 Å². The van der Waals surface area contributed by atoms with Gasteiger partial charge in [-0.15, -0.1) is 12.4 Å². The molecule has 1 aliphatic rings. The zero-order valence-electron chi connectivity index (χ0n) is 13.9. The lowest BCUT2D eigenvalue weighted by Gasteiger charge is -2.16. The molecule has 0 saturated carbocycles. The standard InChI is InChI=1S/C17H21FN4O.ClH/c1-19-10-11-21(2)17(23)16-14-4-3-5-15(14)22(20-16)13-8-6-12(18)7-9-13;/h6-9,19H,3-5,10-11H2,1-2H3;1H. The Morgan fingerprint density at radius 3 is 2.71 bits per heavy atom. The third-order valence-corrected chi connectivity index (χ3v) is 4.25. The van der Waals surface area contributed by atoms with E-state index in [0.29, 0.717) is 12.2 Å². The highest BCUT2D eigenvalue weighted by atomic mass is 35.5. The van der Waals surface area contributed by atoms with Gasteiger partial charge in [0.05, 0.1) is 5.69 Å². The summed E-state index contributed by atoms with van der Waals surface area (Å²) in [6.45, 7) is 1.37. The van der Waals surface area contributed by atoms with Gasteiger partial charge in [0.1, 0.15) is 5.82 Å². The van der Waals surface area contributed by atoms with Crippen LogP contribution in [-0.2, 0) is 12.8 Å². The number of nitrogens with one attached hydrogen (secondary N) is 1. The van der Waals surface area contributed by atoms with Crippen molar-refractivity contribution < 1.29 is 9.18 Å². The third kappa shape index (κ3) is 3.44. The Labute approximate surface area is 147 Å². The monoisotopic (exact) mass is 352 g/mol. The van der Waals surface area contributed by atoms with Crippen molar-refractivity contribution in [3.05, 3.63) is 47.0 Å². The first-order valence-electron chi connectivity index (χ1n) is 7.88. The molecule has 0 unspecified atom stereocenters. The summed E-state index contributed by atoms with van der Waals surface area (Å²) in [6.07, 6.45) is 2.79. The van der Waals surface area contributed by atoms with Gasteiger partial charge in [0, 0.05) is 31.4 Å². The molecule has 1 aliphatic carbocycles. The summed E-state index contributed by atoms with van der Waals surface area (Å²) in [4.78, 5) is 14.4. The average molecular weight is 353 g/mol. The summed E-state index contributed by atoms with van der Waals surface area (Å²) >= 11 is 0. The fourth-order valence-electron chi connectivity index (χ4n) is 2.97. The molecule has 2 aromatic rings. The molecule has 0 atom stereocenters. The van der Waals surface area contributed by atoms with Gasteiger partial charge in [-0.2, -0.15) is 5.10 Å². The number of amides is 1. The molecular weight excluding hydrogens is 331 g/mol. The highest BCUT2D eigenvalue weighted by Gasteiger charge is 2.28. The van der Waals surface area contributed by atoms with Crippen molar-refractivity contribution in [3.8, 4) is 5.69 Å². The van der Waals surface area contributed by atoms with Crippen LogP contribution < -0.4 is 5.32 Å². The number of benzene rings is 1. The lowest BCUT2D eigenvalue weighted by molar-refractivity contribution is 0.0789. The number of aromatic nitrogens is 2. The molecule has 1 N–H and O–H groups in total. The second-order valence-corrected chi connectivity index (χ2v) is 5.85. The predicted molar refractivity (Wildman–Crippen MR) is 93.7 cm³/mol. The second-order valence-electron chi connectivity index (χ2n) is 5.85. The number of carbonyl (C=O) groups is 1. The van der Waals surface area contributed by atoms with Gasteiger partial charge in [-0.1, -0.05) is 0 Å². The molecule has 5 nitrogen and oxygen atoms in total. The molecule has 1 heterocycles. The number of hydrogen-bond donors (Lipinski definition) is 1. The van der Waals surface area contributed by atoms with E-state index in [2.05, 4.69) is 10.4 Å². The Kier molecular flexibility index (Phi) is 5.96. The van der Waals surface area contributed by atoms with Crippen LogP contribution >= 0.6 is 12.4 Å². The molecule has 0 bridgehead atoms. The Morgan fingerprint density at radius 1 is 1.33 bits per heavy atom. The first kappa shape index (κ1) is 18.4. The van der Waals surface area contributed by atoms with Crippen molar-refractivity contribution in [2.24, 2.45) is 0 Å². The Bertz CT molecular complexity index is 714. The topological polar surface area (TPSA) is 50.2 Å². The van der Waals surface area contributed by atoms with E-state index >= 15 is 0 Å². The van der Waals surface area contributed by atoms with Gasteiger partial charge < -0.3 is 10.2 Å². The highest BCUT2D eigenvalue weighted by Crippen LogP contribution is 2.28. The molecule has 130 valence electrons. The zero-order valence-corrected chi connectivity index (χ0v) is 14.7. The van der Waals surface area contributed by atoms with E-state index in [0.717, 1.165) is 42.8 Å². The first-order chi connectivity index (χ1) is 11.1. The third-order valence-electron chi connectivity index (χ3n) is 4.25. The minimum atomic E-state index is -0.277. The van der Waals surface area contributed by atoms with Gasteiger partial charge in [0.2, 0.25) is 0 Å². The number of carbonyl (C=O) groups excluding carboxylic acids is 1. The molecule has 0 radical (unpaired) electrons. The molecule has 3 rings (SSSR count). The maximum absolute atomic E-state index is 13.1. The Balaban J connectivity index is 0.00000208. The number of likely N-dealkylation sites (N-methyl/N-ethyl adjacent to an activating group) is 2. The van der Waals surface area contributed by atoms with Gasteiger partial charge in [-0.05, 0) is 50.6 Å². The summed E-state index contributed by atoms with van der Waals surface area (Å²) in [7, 11) is 3.65. The van der Waals surface area contributed by atoms with E-state index in [1.54, 1.807) is 28.8 Å². The predicted octanol–water partition coefficient (Wildman–Crippen LogP) is 2.21. The number of halogens is 2. The van der Waals surface area contributed by atoms with Crippen molar-refractivity contribution in [2.45, 2.75) is 19.3 Å². The van der Waals surface area contributed by atoms with Gasteiger partial charge in [0.25, 0.3) is 5.91 Å². The Morgan fingerprint density at radius 2 is 2.04 bits per heavy atom. The summed E-state index contributed by atoms with van der Waals surface area (Å²) in [5.74, 6) is -0.333. The van der Waals surface area contributed by atoms with Gasteiger partial charge in [-0.3, -0.25) is 4.79 Å². The maximum Gasteiger partial charge on any atom is 0.274 e. The van der Waals surface area contributed by atoms with Crippen LogP contribution in [0.25, 0.3) is 5.69 Å². The molecule has 24 heavy (non-hydrogen) atoms. The van der Waals surface area contributed by atoms with Crippen molar-refractivity contribution in [2.75, 3.05) is 27.2 Å². The average Bonchev–Trinajstić information content (AvgIpc) is 3.15. The van der Waals surface area contributed by atoms with E-state index < -0.39 is 0 Å². The zero-order chi connectivity index (χ0) is 16.4. The second kappa shape index (κ2) is 7.77. The number of fused-ring (bicyclic) bond motifs is 1. The van der Waals surface area contributed by atoms with Crippen molar-refractivity contribution >= 4 is 18.3 Å². The molecule has 0 fully saturated rings. The minimum Gasteiger partial charge on any atom is -0.339 e. The molecule has 0 aliphatic heterocycles. The first-order valence-corrected chi connectivity index (χ1v) is 7.88. The van der Waals surface area contributed by atoms with Crippen LogP contribution in [0.2, 0.25) is 0 Å². The molecule has 1 aromatic heterocycles. The quantitative estimate of drug-likeness (QED) is 0.897. The van der Waals surface area contributed by atoms with E-state index in [9.17, 15) is 9.18 Å². The lowest BCUT2D eigenvalue weighted by atomic mass is 10.2. The normalized spacial score (nSPS) is 12.6. The van der Waals surface area contributed by atoms with Crippen LogP contribution in [0.3, 0.4) is 0 Å². The number of nitrogens with zero attached hydrogens (tertiary/aromatic N) is 3. The largest absolute Gasteiger partial charge is 0.339 e. The molecule has 0 spiro atoms. The van der Waals surface area contributed by atoms with Crippen molar-refractivity contribution in [1.29, 1.82) is 0 Å². The minimum absolute atomic E-state index is 0. The van der Waals surface area contributed by atoms with Gasteiger partial charge >= 0.3 is 0 Å². The summed E-state index contributed by atoms with van der Waals surface area (Å²) in [5.41, 5.74) is 3.43. The molecule has 7 heteroatoms. The van der Waals surface area contributed by atoms with Crippen LogP contribution in [0.15, 0.2) is 24.3 Å². The van der Waals surface area contributed by atoms with Crippen LogP contribution in [0.1, 0.15) is 28.2 Å². The maximum atomic E-state index is 13.1. The van der Waals surface area contributed by atoms with E-state index in [1.807, 2.05) is 7.05 Å². The summed E-state index contributed by atoms with van der Waals surface area (Å²) in [5, 5.41) is 7.58. The lowest BCUT2D eigenvalue weighted by Crippen LogP contribution is -2.33. The fraction of sp³-hybridized carbons (Fsp3) is 0.412. The van der Waals surface area contributed by atoms with E-state index in [-0.39, 0.29) is 24.1 Å². The van der Waals surface area contributed by atoms with E-state index in [4.69, 9.17) is 0 Å². The smallest absolute Gasteiger partial charge is 0.274 e. The molecule has 1 amide bonds. The molecular formula is C17H22ClFN4O. The number of rotatable bonds is 5. The molecule has 1 aromatic carbocycles. The van der Waals surface area contributed by atoms with Gasteiger partial charge in [-0.25, -0.2) is 9.07 Å². The fourth-order valence-corrected chi connectivity index (χ4v) is 2.97. The molecule has 0 saturated heterocycles. The van der Waals surface area contributed by atoms with Crippen molar-refractivity contribution in [3.63, 3.8) is 0 Å². The number of hydrogen-bond acceptors (Lipinski definition) is 3. The van der Waals surface area contributed by atoms with Crippen molar-refractivity contribution in [1.82, 2.24) is 20.0 Å². The SMILES string of the molecule is CNCCN(C)C(=O)c1nn(-c2ccc(F)cc2)c2c1CCC2.Cl.